The third kappa shape index (κ3) is 6.07. The molecule has 1 saturated carbocycles. The van der Waals surface area contributed by atoms with E-state index in [2.05, 4.69) is 78.5 Å². The molecular weight excluding hydrogens is 394 g/mol. The SMILES string of the molecule is Cc1cccc(-c2noc(CCC3CCC(C(CCc4ccccc4)N(C)C)CC3)n2)c1. The van der Waals surface area contributed by atoms with Gasteiger partial charge < -0.3 is 9.42 Å². The maximum Gasteiger partial charge on any atom is 0.226 e. The monoisotopic (exact) mass is 431 g/mol. The van der Waals surface area contributed by atoms with Gasteiger partial charge in [0.2, 0.25) is 11.7 Å². The van der Waals surface area contributed by atoms with Gasteiger partial charge in [0.25, 0.3) is 0 Å². The number of hydrogen-bond acceptors (Lipinski definition) is 4. The van der Waals surface area contributed by atoms with Gasteiger partial charge >= 0.3 is 0 Å². The summed E-state index contributed by atoms with van der Waals surface area (Å²) in [6, 6.07) is 19.9. The van der Waals surface area contributed by atoms with E-state index in [0.29, 0.717) is 11.9 Å². The predicted molar refractivity (Wildman–Crippen MR) is 130 cm³/mol. The molecule has 3 aromatic rings. The molecule has 0 aliphatic heterocycles. The van der Waals surface area contributed by atoms with Gasteiger partial charge in [-0.25, -0.2) is 0 Å². The molecule has 1 aliphatic carbocycles. The number of rotatable bonds is 9. The third-order valence-electron chi connectivity index (χ3n) is 7.18. The van der Waals surface area contributed by atoms with E-state index in [1.807, 2.05) is 12.1 Å². The van der Waals surface area contributed by atoms with Crippen molar-refractivity contribution in [3.8, 4) is 11.4 Å². The van der Waals surface area contributed by atoms with Crippen molar-refractivity contribution in [2.75, 3.05) is 14.1 Å². The second-order valence-corrected chi connectivity index (χ2v) is 9.76. The van der Waals surface area contributed by atoms with Crippen molar-refractivity contribution < 1.29 is 4.52 Å². The summed E-state index contributed by atoms with van der Waals surface area (Å²) in [4.78, 5) is 7.10. The third-order valence-corrected chi connectivity index (χ3v) is 7.18. The summed E-state index contributed by atoms with van der Waals surface area (Å²) in [6.45, 7) is 2.09. The smallest absolute Gasteiger partial charge is 0.226 e. The van der Waals surface area contributed by atoms with E-state index in [0.717, 1.165) is 36.1 Å². The van der Waals surface area contributed by atoms with E-state index < -0.39 is 0 Å². The first-order valence-corrected chi connectivity index (χ1v) is 12.2. The van der Waals surface area contributed by atoms with Gasteiger partial charge in [0.1, 0.15) is 0 Å². The second-order valence-electron chi connectivity index (χ2n) is 9.76. The quantitative estimate of drug-likeness (QED) is 0.396. The number of hydrogen-bond donors (Lipinski definition) is 0. The molecule has 0 N–H and O–H groups in total. The zero-order chi connectivity index (χ0) is 22.3. The summed E-state index contributed by atoms with van der Waals surface area (Å²) >= 11 is 0. The van der Waals surface area contributed by atoms with E-state index in [1.54, 1.807) is 0 Å². The van der Waals surface area contributed by atoms with Crippen LogP contribution < -0.4 is 0 Å². The summed E-state index contributed by atoms with van der Waals surface area (Å²) in [7, 11) is 4.51. The van der Waals surface area contributed by atoms with Crippen LogP contribution in [-0.4, -0.2) is 35.2 Å². The topological polar surface area (TPSA) is 42.2 Å². The molecule has 0 spiro atoms. The molecule has 1 aliphatic rings. The first-order chi connectivity index (χ1) is 15.6. The standard InChI is InChI=1S/C28H37N3O/c1-21-8-7-11-25(20-21)28-29-27(32-30-28)19-15-23-12-16-24(17-13-23)26(31(2)3)18-14-22-9-5-4-6-10-22/h4-11,20,23-24,26H,12-19H2,1-3H3. The van der Waals surface area contributed by atoms with Crippen molar-refractivity contribution in [1.29, 1.82) is 0 Å². The molecular formula is C28H37N3O. The molecule has 1 fully saturated rings. The molecule has 0 saturated heterocycles. The highest BCUT2D eigenvalue weighted by Gasteiger charge is 2.28. The van der Waals surface area contributed by atoms with Crippen molar-refractivity contribution in [3.63, 3.8) is 0 Å². The Balaban J connectivity index is 1.24. The van der Waals surface area contributed by atoms with Crippen molar-refractivity contribution >= 4 is 0 Å². The van der Waals surface area contributed by atoms with Crippen LogP contribution in [0.2, 0.25) is 0 Å². The molecule has 0 radical (unpaired) electrons. The fraction of sp³-hybridized carbons (Fsp3) is 0.500. The number of aromatic nitrogens is 2. The molecule has 1 atom stereocenters. The van der Waals surface area contributed by atoms with Crippen LogP contribution in [0.4, 0.5) is 0 Å². The van der Waals surface area contributed by atoms with Crippen LogP contribution in [0.15, 0.2) is 59.1 Å². The summed E-state index contributed by atoms with van der Waals surface area (Å²) in [6.07, 6.45) is 9.76. The zero-order valence-electron chi connectivity index (χ0n) is 19.8. The maximum absolute atomic E-state index is 5.55. The van der Waals surface area contributed by atoms with Crippen LogP contribution in [0.3, 0.4) is 0 Å². The molecule has 170 valence electrons. The fourth-order valence-electron chi connectivity index (χ4n) is 5.32. The van der Waals surface area contributed by atoms with Crippen LogP contribution in [-0.2, 0) is 12.8 Å². The Morgan fingerprint density at radius 2 is 1.75 bits per heavy atom. The maximum atomic E-state index is 5.55. The Hall–Kier alpha value is -2.46. The van der Waals surface area contributed by atoms with Gasteiger partial charge in [0, 0.05) is 18.0 Å². The normalized spacial score (nSPS) is 19.9. The molecule has 4 nitrogen and oxygen atoms in total. The van der Waals surface area contributed by atoms with E-state index in [4.69, 9.17) is 4.52 Å². The van der Waals surface area contributed by atoms with Gasteiger partial charge in [-0.2, -0.15) is 4.98 Å². The highest BCUT2D eigenvalue weighted by molar-refractivity contribution is 5.55. The van der Waals surface area contributed by atoms with Crippen molar-refractivity contribution in [2.45, 2.75) is 64.3 Å². The lowest BCUT2D eigenvalue weighted by Crippen LogP contribution is -2.37. The van der Waals surface area contributed by atoms with Crippen LogP contribution in [0.5, 0.6) is 0 Å². The van der Waals surface area contributed by atoms with Gasteiger partial charge in [-0.05, 0) is 76.6 Å². The van der Waals surface area contributed by atoms with Crippen LogP contribution in [0, 0.1) is 18.8 Å². The minimum Gasteiger partial charge on any atom is -0.339 e. The minimum absolute atomic E-state index is 0.670. The van der Waals surface area contributed by atoms with Crippen LogP contribution in [0.1, 0.15) is 55.5 Å². The molecule has 4 rings (SSSR count). The van der Waals surface area contributed by atoms with Crippen LogP contribution in [0.25, 0.3) is 11.4 Å². The lowest BCUT2D eigenvalue weighted by molar-refractivity contribution is 0.137. The lowest BCUT2D eigenvalue weighted by Gasteiger charge is -2.37. The Kier molecular flexibility index (Phi) is 7.75. The second kappa shape index (κ2) is 10.9. The molecule has 32 heavy (non-hydrogen) atoms. The van der Waals surface area contributed by atoms with Crippen LogP contribution >= 0.6 is 0 Å². The van der Waals surface area contributed by atoms with E-state index >= 15 is 0 Å². The number of aryl methyl sites for hydroxylation is 3. The number of benzene rings is 2. The Bertz CT molecular complexity index is 958. The first kappa shape index (κ1) is 22.7. The first-order valence-electron chi connectivity index (χ1n) is 12.2. The van der Waals surface area contributed by atoms with E-state index in [9.17, 15) is 0 Å². The van der Waals surface area contributed by atoms with E-state index in [1.165, 1.54) is 49.7 Å². The Labute approximate surface area is 193 Å². The lowest BCUT2D eigenvalue weighted by atomic mass is 9.75. The van der Waals surface area contributed by atoms with Gasteiger partial charge in [-0.3, -0.25) is 0 Å². The summed E-state index contributed by atoms with van der Waals surface area (Å²) < 4.78 is 5.55. The molecule has 0 amide bonds. The van der Waals surface area contributed by atoms with Crippen molar-refractivity contribution in [1.82, 2.24) is 15.0 Å². The van der Waals surface area contributed by atoms with Gasteiger partial charge in [0.05, 0.1) is 0 Å². The van der Waals surface area contributed by atoms with Gasteiger partial charge in [0.15, 0.2) is 0 Å². The largest absolute Gasteiger partial charge is 0.339 e. The summed E-state index contributed by atoms with van der Waals surface area (Å²) in [5, 5.41) is 4.20. The average Bonchev–Trinajstić information content (AvgIpc) is 3.28. The van der Waals surface area contributed by atoms with Crippen molar-refractivity contribution in [3.05, 3.63) is 71.6 Å². The van der Waals surface area contributed by atoms with Crippen molar-refractivity contribution in [2.24, 2.45) is 11.8 Å². The highest BCUT2D eigenvalue weighted by Crippen LogP contribution is 2.35. The minimum atomic E-state index is 0.670. The molecule has 1 heterocycles. The Morgan fingerprint density at radius 3 is 2.47 bits per heavy atom. The van der Waals surface area contributed by atoms with E-state index in [-0.39, 0.29) is 0 Å². The Morgan fingerprint density at radius 1 is 0.969 bits per heavy atom. The molecule has 2 aromatic carbocycles. The molecule has 1 unspecified atom stereocenters. The molecule has 4 heteroatoms. The molecule has 1 aromatic heterocycles. The fourth-order valence-corrected chi connectivity index (χ4v) is 5.32. The predicted octanol–water partition coefficient (Wildman–Crippen LogP) is 6.35. The molecule has 0 bridgehead atoms. The average molecular weight is 432 g/mol. The summed E-state index contributed by atoms with van der Waals surface area (Å²) in [5.41, 5.74) is 3.70. The highest BCUT2D eigenvalue weighted by atomic mass is 16.5. The van der Waals surface area contributed by atoms with Gasteiger partial charge in [-0.15, -0.1) is 0 Å². The van der Waals surface area contributed by atoms with Gasteiger partial charge in [-0.1, -0.05) is 72.1 Å². The zero-order valence-corrected chi connectivity index (χ0v) is 19.8. The summed E-state index contributed by atoms with van der Waals surface area (Å²) in [5.74, 6) is 3.07. The number of nitrogens with zero attached hydrogens (tertiary/aromatic N) is 3.